The number of unbranched alkanes of at least 4 members (excludes halogenated alkanes) is 13. The first kappa shape index (κ1) is 51.2. The lowest BCUT2D eigenvalue weighted by Crippen LogP contribution is -2.34. The molecular weight excluding hydrogens is 709 g/mol. The van der Waals surface area contributed by atoms with Crippen LogP contribution in [0, 0.1) is 0 Å². The molecule has 0 spiro atoms. The molecule has 0 aliphatic rings. The predicted molar refractivity (Wildman–Crippen MR) is 217 cm³/mol. The van der Waals surface area contributed by atoms with Crippen molar-refractivity contribution in [2.24, 2.45) is 5.73 Å². The smallest absolute Gasteiger partial charge is 0.472 e. The van der Waals surface area contributed by atoms with Gasteiger partial charge in [0.15, 0.2) is 6.10 Å². The Bertz CT molecular complexity index is 1150. The average molecular weight is 782 g/mol. The number of esters is 2. The number of hydrogen-bond acceptors (Lipinski definition) is 9. The highest BCUT2D eigenvalue weighted by molar-refractivity contribution is 7.47. The maximum Gasteiger partial charge on any atom is 0.472 e. The normalized spacial score (nSPS) is 14.4. The summed E-state index contributed by atoms with van der Waals surface area (Å²) in [6, 6.07) is -1.53. The number of phosphoric ester groups is 1. The van der Waals surface area contributed by atoms with Crippen molar-refractivity contribution in [1.82, 2.24) is 0 Å². The molecule has 0 bridgehead atoms. The van der Waals surface area contributed by atoms with Crippen LogP contribution in [-0.2, 0) is 37.5 Å². The number of carboxylic acids is 1. The van der Waals surface area contributed by atoms with Gasteiger partial charge in [0.05, 0.1) is 13.2 Å². The molecule has 310 valence electrons. The number of rotatable bonds is 37. The van der Waals surface area contributed by atoms with Crippen LogP contribution in [0.4, 0.5) is 0 Å². The summed E-state index contributed by atoms with van der Waals surface area (Å²) < 4.78 is 32.6. The monoisotopic (exact) mass is 781 g/mol. The second-order valence-electron chi connectivity index (χ2n) is 13.4. The van der Waals surface area contributed by atoms with Crippen molar-refractivity contribution >= 4 is 25.7 Å². The van der Waals surface area contributed by atoms with Gasteiger partial charge >= 0.3 is 25.7 Å². The minimum Gasteiger partial charge on any atom is -0.480 e. The van der Waals surface area contributed by atoms with Gasteiger partial charge in [0.1, 0.15) is 12.6 Å². The van der Waals surface area contributed by atoms with Crippen LogP contribution in [0.15, 0.2) is 60.8 Å². The summed E-state index contributed by atoms with van der Waals surface area (Å²) in [5.74, 6) is -2.44. The lowest BCUT2D eigenvalue weighted by Gasteiger charge is -2.20. The summed E-state index contributed by atoms with van der Waals surface area (Å²) in [5, 5.41) is 8.87. The summed E-state index contributed by atoms with van der Waals surface area (Å²) in [6.45, 7) is 2.61. The van der Waals surface area contributed by atoms with E-state index in [-0.39, 0.29) is 19.4 Å². The summed E-state index contributed by atoms with van der Waals surface area (Å²) >= 11 is 0. The van der Waals surface area contributed by atoms with E-state index in [4.69, 9.17) is 24.8 Å². The van der Waals surface area contributed by atoms with Gasteiger partial charge in [-0.25, -0.2) is 4.57 Å². The fourth-order valence-electron chi connectivity index (χ4n) is 5.05. The Balaban J connectivity index is 4.49. The van der Waals surface area contributed by atoms with E-state index in [0.717, 1.165) is 70.6 Å². The van der Waals surface area contributed by atoms with E-state index in [1.54, 1.807) is 0 Å². The van der Waals surface area contributed by atoms with E-state index in [1.165, 1.54) is 44.9 Å². The molecule has 4 N–H and O–H groups in total. The van der Waals surface area contributed by atoms with Gasteiger partial charge in [-0.1, -0.05) is 126 Å². The number of phosphoric acid groups is 1. The quantitative estimate of drug-likeness (QED) is 0.0237. The first-order valence-corrected chi connectivity index (χ1v) is 21.8. The lowest BCUT2D eigenvalue weighted by atomic mass is 10.1. The van der Waals surface area contributed by atoms with E-state index in [2.05, 4.69) is 79.1 Å². The first-order valence-electron chi connectivity index (χ1n) is 20.3. The van der Waals surface area contributed by atoms with Gasteiger partial charge in [-0.2, -0.15) is 0 Å². The van der Waals surface area contributed by atoms with Crippen molar-refractivity contribution in [3.8, 4) is 0 Å². The van der Waals surface area contributed by atoms with Gasteiger partial charge in [0, 0.05) is 12.8 Å². The van der Waals surface area contributed by atoms with E-state index < -0.39 is 51.1 Å². The zero-order valence-corrected chi connectivity index (χ0v) is 34.2. The molecule has 0 aromatic heterocycles. The molecule has 54 heavy (non-hydrogen) atoms. The van der Waals surface area contributed by atoms with Crippen LogP contribution in [0.25, 0.3) is 0 Å². The fraction of sp³-hybridized carbons (Fsp3) is 0.690. The van der Waals surface area contributed by atoms with Crippen LogP contribution >= 0.6 is 7.82 Å². The molecule has 0 amide bonds. The van der Waals surface area contributed by atoms with E-state index in [0.29, 0.717) is 12.8 Å². The molecule has 0 fully saturated rings. The van der Waals surface area contributed by atoms with Crippen LogP contribution in [-0.4, -0.2) is 59.9 Å². The van der Waals surface area contributed by atoms with Crippen LogP contribution in [0.2, 0.25) is 0 Å². The lowest BCUT2D eigenvalue weighted by molar-refractivity contribution is -0.161. The number of carboxylic acid groups (broad SMARTS) is 1. The van der Waals surface area contributed by atoms with Crippen molar-refractivity contribution in [3.05, 3.63) is 60.8 Å². The molecular formula is C42H72NO10P. The number of hydrogen-bond donors (Lipinski definition) is 3. The molecule has 0 saturated heterocycles. The first-order chi connectivity index (χ1) is 26.1. The largest absolute Gasteiger partial charge is 0.480 e. The fourth-order valence-corrected chi connectivity index (χ4v) is 5.83. The molecule has 0 aliphatic carbocycles. The van der Waals surface area contributed by atoms with Gasteiger partial charge < -0.3 is 25.2 Å². The maximum atomic E-state index is 12.6. The van der Waals surface area contributed by atoms with Crippen LogP contribution in [0.5, 0.6) is 0 Å². The third-order valence-electron chi connectivity index (χ3n) is 8.25. The molecule has 1 unspecified atom stereocenters. The zero-order valence-electron chi connectivity index (χ0n) is 33.3. The van der Waals surface area contributed by atoms with E-state index in [9.17, 15) is 23.8 Å². The van der Waals surface area contributed by atoms with Gasteiger partial charge in [-0.05, 0) is 77.0 Å². The SMILES string of the molecule is CC/C=C\C/C=C\C/C=C\C/C=C\CCCCC(=O)OC[C@H](COP(=O)(O)OC[C@H](N)C(=O)O)OC(=O)CCCCCCCCC/C=C\CCCCCC. The van der Waals surface area contributed by atoms with Crippen LogP contribution in [0.1, 0.15) is 155 Å². The maximum absolute atomic E-state index is 12.6. The van der Waals surface area contributed by atoms with Crippen molar-refractivity contribution in [2.75, 3.05) is 19.8 Å². The van der Waals surface area contributed by atoms with Crippen LogP contribution in [0.3, 0.4) is 0 Å². The van der Waals surface area contributed by atoms with Crippen molar-refractivity contribution in [1.29, 1.82) is 0 Å². The molecule has 0 saturated carbocycles. The predicted octanol–water partition coefficient (Wildman–Crippen LogP) is 10.4. The summed E-state index contributed by atoms with van der Waals surface area (Å²) in [7, 11) is -4.73. The zero-order chi connectivity index (χ0) is 40.0. The molecule has 0 radical (unpaired) electrons. The number of nitrogens with two attached hydrogens (primary N) is 1. The van der Waals surface area contributed by atoms with E-state index >= 15 is 0 Å². The number of carbonyl (C=O) groups is 3. The Morgan fingerprint density at radius 3 is 1.61 bits per heavy atom. The standard InChI is InChI=1S/C42H72NO10P/c1-3-5-7-9-11-13-15-17-19-21-23-25-27-29-31-33-40(44)50-35-38(36-51-54(48,49)52-37-39(43)42(46)47)53-41(45)34-32-30-28-26-24-22-20-18-16-14-12-10-8-6-4-2/h5,7,11,13-14,16-17,19,23,25,38-39H,3-4,6,8-10,12,15,18,20-22,24,26-37,43H2,1-2H3,(H,46,47)(H,48,49)/b7-5-,13-11-,16-14-,19-17-,25-23-/t38-,39+/m1/s1. The molecule has 0 heterocycles. The molecule has 0 aliphatic heterocycles. The average Bonchev–Trinajstić information content (AvgIpc) is 3.14. The molecule has 12 heteroatoms. The topological polar surface area (TPSA) is 172 Å². The minimum atomic E-state index is -4.73. The second kappa shape index (κ2) is 37.1. The Morgan fingerprint density at radius 2 is 1.04 bits per heavy atom. The highest BCUT2D eigenvalue weighted by atomic mass is 31.2. The van der Waals surface area contributed by atoms with Gasteiger partial charge in [0.25, 0.3) is 0 Å². The Kier molecular flexibility index (Phi) is 35.2. The second-order valence-corrected chi connectivity index (χ2v) is 14.8. The summed E-state index contributed by atoms with van der Waals surface area (Å²) in [6.07, 6.45) is 41.5. The van der Waals surface area contributed by atoms with Crippen LogP contribution < -0.4 is 5.73 Å². The Labute approximate surface area is 326 Å². The Morgan fingerprint density at radius 1 is 0.593 bits per heavy atom. The van der Waals surface area contributed by atoms with Crippen molar-refractivity contribution in [2.45, 2.75) is 167 Å². The highest BCUT2D eigenvalue weighted by Crippen LogP contribution is 2.43. The number of aliphatic carboxylic acids is 1. The molecule has 3 atom stereocenters. The molecule has 0 rings (SSSR count). The third kappa shape index (κ3) is 36.2. The molecule has 11 nitrogen and oxygen atoms in total. The minimum absolute atomic E-state index is 0.144. The number of ether oxygens (including phenoxy) is 2. The highest BCUT2D eigenvalue weighted by Gasteiger charge is 2.28. The van der Waals surface area contributed by atoms with Gasteiger partial charge in [-0.15, -0.1) is 0 Å². The van der Waals surface area contributed by atoms with Gasteiger partial charge in [0.2, 0.25) is 0 Å². The number of carbonyl (C=O) groups excluding carboxylic acids is 2. The molecule has 0 aromatic carbocycles. The van der Waals surface area contributed by atoms with Gasteiger partial charge in [-0.3, -0.25) is 23.4 Å². The summed E-state index contributed by atoms with van der Waals surface area (Å²) in [4.78, 5) is 45.8. The van der Waals surface area contributed by atoms with E-state index in [1.807, 2.05) is 0 Å². The van der Waals surface area contributed by atoms with Crippen molar-refractivity contribution in [3.63, 3.8) is 0 Å². The summed E-state index contributed by atoms with van der Waals surface area (Å²) in [5.41, 5.74) is 5.32. The third-order valence-corrected chi connectivity index (χ3v) is 9.20. The Hall–Kier alpha value is -2.82. The number of allylic oxidation sites excluding steroid dienone is 10. The molecule has 0 aromatic rings. The van der Waals surface area contributed by atoms with Crippen molar-refractivity contribution < 1.29 is 47.5 Å².